The zero-order valence-corrected chi connectivity index (χ0v) is 18.2. The summed E-state index contributed by atoms with van der Waals surface area (Å²) in [4.78, 5) is 14.4. The van der Waals surface area contributed by atoms with E-state index in [2.05, 4.69) is 4.98 Å². The molecule has 2 fully saturated rings. The summed E-state index contributed by atoms with van der Waals surface area (Å²) in [6.07, 6.45) is -11.5. The molecule has 1 aromatic rings. The Morgan fingerprint density at radius 3 is 2.41 bits per heavy atom. The molecule has 7 N–H and O–H groups in total. The average molecular weight is 495 g/mol. The first-order chi connectivity index (χ1) is 16.1. The first-order valence-electron chi connectivity index (χ1n) is 10.4. The van der Waals surface area contributed by atoms with Crippen molar-refractivity contribution < 1.29 is 59.6 Å². The number of aryl methyl sites for hydroxylation is 1. The monoisotopic (exact) mass is 495 g/mol. The van der Waals surface area contributed by atoms with E-state index < -0.39 is 79.5 Å². The molecule has 0 aliphatic carbocycles. The second-order valence-electron chi connectivity index (χ2n) is 7.97. The molecular formula is C18H29N3O13. The van der Waals surface area contributed by atoms with Gasteiger partial charge in [0.05, 0.1) is 19.8 Å². The van der Waals surface area contributed by atoms with E-state index in [-0.39, 0.29) is 19.0 Å². The van der Waals surface area contributed by atoms with Gasteiger partial charge in [-0.3, -0.25) is 0 Å². The first-order valence-corrected chi connectivity index (χ1v) is 10.4. The summed E-state index contributed by atoms with van der Waals surface area (Å²) in [6, 6.07) is 0. The predicted octanol–water partition coefficient (Wildman–Crippen LogP) is -4.26. The van der Waals surface area contributed by atoms with Crippen LogP contribution in [0.2, 0.25) is 0 Å². The van der Waals surface area contributed by atoms with Gasteiger partial charge in [-0.25, -0.2) is 9.55 Å². The first kappa shape index (κ1) is 26.8. The number of nitrogens with zero attached hydrogens (tertiary/aromatic N) is 3. The summed E-state index contributed by atoms with van der Waals surface area (Å²) >= 11 is 0. The van der Waals surface area contributed by atoms with Gasteiger partial charge in [-0.05, 0) is 4.92 Å². The molecular weight excluding hydrogens is 466 g/mol. The number of aliphatic hydroxyl groups is 7. The number of imidazole rings is 1. The molecule has 2 aliphatic rings. The Hall–Kier alpha value is -1.83. The van der Waals surface area contributed by atoms with Gasteiger partial charge in [0.15, 0.2) is 12.1 Å². The molecule has 0 saturated carbocycles. The third kappa shape index (κ3) is 4.93. The Morgan fingerprint density at radius 2 is 1.82 bits per heavy atom. The van der Waals surface area contributed by atoms with Crippen LogP contribution < -0.4 is 0 Å². The SMILES string of the molecule is Cc1ncc([N+](=O)[O-])n1CCOC1(CO)O[C@H](CO)[C@@H](O[C@@H]2O[C@H](CO)[C@H](O)[C@H](O)[C@H]2O)[C@@H]1O. The summed E-state index contributed by atoms with van der Waals surface area (Å²) in [6.45, 7) is -1.13. The zero-order chi connectivity index (χ0) is 25.2. The Kier molecular flexibility index (Phi) is 8.53. The quantitative estimate of drug-likeness (QED) is 0.120. The Balaban J connectivity index is 1.72. The highest BCUT2D eigenvalue weighted by Gasteiger charge is 2.58. The highest BCUT2D eigenvalue weighted by atomic mass is 16.8. The smallest absolute Gasteiger partial charge is 0.342 e. The summed E-state index contributed by atoms with van der Waals surface area (Å²) in [7, 11) is 0. The van der Waals surface area contributed by atoms with E-state index in [1.807, 2.05) is 0 Å². The summed E-state index contributed by atoms with van der Waals surface area (Å²) in [5.74, 6) is -2.06. The molecule has 2 saturated heterocycles. The minimum atomic E-state index is -2.10. The highest BCUT2D eigenvalue weighted by Crippen LogP contribution is 2.36. The van der Waals surface area contributed by atoms with Gasteiger partial charge in [0, 0.05) is 6.92 Å². The number of aliphatic hydroxyl groups excluding tert-OH is 7. The number of nitro groups is 1. The standard InChI is InChI=1S/C18H29N3O13/c1-8-19-4-11(21(29)30)20(8)2-3-31-18(7-24)16(28)15(10(6-23)34-18)33-17-14(27)13(26)12(25)9(5-22)32-17/h4,9-10,12-17,22-28H,2-3,5-7H2,1H3/t9-,10-,12+,13+,14-,15-,16+,17+,18?/m1/s1. The molecule has 16 heteroatoms. The van der Waals surface area contributed by atoms with Crippen molar-refractivity contribution in [1.29, 1.82) is 0 Å². The number of aromatic nitrogens is 2. The normalized spacial score (nSPS) is 38.4. The van der Waals surface area contributed by atoms with Gasteiger partial charge in [0.1, 0.15) is 62.1 Å². The van der Waals surface area contributed by atoms with E-state index in [0.717, 1.165) is 6.20 Å². The number of hydrogen-bond acceptors (Lipinski definition) is 14. The maximum atomic E-state index is 11.1. The molecule has 34 heavy (non-hydrogen) atoms. The van der Waals surface area contributed by atoms with E-state index in [0.29, 0.717) is 5.82 Å². The van der Waals surface area contributed by atoms with Crippen molar-refractivity contribution in [2.24, 2.45) is 0 Å². The van der Waals surface area contributed by atoms with Crippen LogP contribution in [0.5, 0.6) is 0 Å². The molecule has 3 heterocycles. The largest absolute Gasteiger partial charge is 0.394 e. The Bertz CT molecular complexity index is 838. The van der Waals surface area contributed by atoms with Gasteiger partial charge in [-0.1, -0.05) is 0 Å². The van der Waals surface area contributed by atoms with Crippen molar-refractivity contribution in [3.8, 4) is 0 Å². The van der Waals surface area contributed by atoms with Gasteiger partial charge >= 0.3 is 5.82 Å². The van der Waals surface area contributed by atoms with Crippen molar-refractivity contribution in [2.75, 3.05) is 26.4 Å². The molecule has 0 radical (unpaired) electrons. The molecule has 3 rings (SSSR count). The van der Waals surface area contributed by atoms with E-state index >= 15 is 0 Å². The fourth-order valence-corrected chi connectivity index (χ4v) is 3.97. The molecule has 1 aromatic heterocycles. The van der Waals surface area contributed by atoms with Crippen LogP contribution in [0.25, 0.3) is 0 Å². The van der Waals surface area contributed by atoms with Gasteiger partial charge < -0.3 is 64.8 Å². The van der Waals surface area contributed by atoms with Crippen LogP contribution in [0.1, 0.15) is 5.82 Å². The summed E-state index contributed by atoms with van der Waals surface area (Å²) < 4.78 is 23.1. The highest BCUT2D eigenvalue weighted by molar-refractivity contribution is 5.18. The van der Waals surface area contributed by atoms with Crippen LogP contribution in [0.15, 0.2) is 6.20 Å². The minimum absolute atomic E-state index is 0.0813. The predicted molar refractivity (Wildman–Crippen MR) is 106 cm³/mol. The second-order valence-corrected chi connectivity index (χ2v) is 7.97. The van der Waals surface area contributed by atoms with E-state index in [9.17, 15) is 45.9 Å². The van der Waals surface area contributed by atoms with Gasteiger partial charge in [0.25, 0.3) is 0 Å². The van der Waals surface area contributed by atoms with Gasteiger partial charge in [0.2, 0.25) is 5.79 Å². The van der Waals surface area contributed by atoms with Crippen LogP contribution in [-0.2, 0) is 25.5 Å². The number of hydrogen-bond donors (Lipinski definition) is 7. The maximum absolute atomic E-state index is 11.1. The summed E-state index contributed by atoms with van der Waals surface area (Å²) in [5.41, 5.74) is 0. The second kappa shape index (κ2) is 10.8. The third-order valence-corrected chi connectivity index (χ3v) is 5.90. The molecule has 0 spiro atoms. The Morgan fingerprint density at radius 1 is 1.15 bits per heavy atom. The summed E-state index contributed by atoms with van der Waals surface area (Å²) in [5, 5.41) is 80.9. The van der Waals surface area contributed by atoms with Gasteiger partial charge in [-0.15, -0.1) is 0 Å². The van der Waals surface area contributed by atoms with Crippen molar-refractivity contribution in [1.82, 2.24) is 9.55 Å². The van der Waals surface area contributed by atoms with Crippen molar-refractivity contribution in [3.05, 3.63) is 22.1 Å². The lowest BCUT2D eigenvalue weighted by molar-refractivity contribution is -0.392. The molecule has 0 bridgehead atoms. The number of ether oxygens (including phenoxy) is 4. The lowest BCUT2D eigenvalue weighted by Crippen LogP contribution is -2.61. The molecule has 2 aliphatic heterocycles. The van der Waals surface area contributed by atoms with Crippen molar-refractivity contribution in [2.45, 2.75) is 68.3 Å². The number of rotatable bonds is 10. The van der Waals surface area contributed by atoms with E-state index in [1.165, 1.54) is 4.57 Å². The third-order valence-electron chi connectivity index (χ3n) is 5.90. The van der Waals surface area contributed by atoms with Crippen LogP contribution in [0.3, 0.4) is 0 Å². The van der Waals surface area contributed by atoms with Crippen molar-refractivity contribution >= 4 is 5.82 Å². The van der Waals surface area contributed by atoms with Crippen LogP contribution in [-0.4, -0.2) is 131 Å². The molecule has 16 nitrogen and oxygen atoms in total. The molecule has 194 valence electrons. The Labute approximate surface area is 192 Å². The fourth-order valence-electron chi connectivity index (χ4n) is 3.97. The zero-order valence-electron chi connectivity index (χ0n) is 18.2. The molecule has 0 amide bonds. The fraction of sp³-hybridized carbons (Fsp3) is 0.833. The minimum Gasteiger partial charge on any atom is -0.394 e. The molecule has 0 aromatic carbocycles. The van der Waals surface area contributed by atoms with Crippen LogP contribution in [0, 0.1) is 17.0 Å². The lowest BCUT2D eigenvalue weighted by Gasteiger charge is -2.41. The molecule has 1 unspecified atom stereocenters. The van der Waals surface area contributed by atoms with E-state index in [1.54, 1.807) is 6.92 Å². The van der Waals surface area contributed by atoms with Crippen LogP contribution >= 0.6 is 0 Å². The van der Waals surface area contributed by atoms with Gasteiger partial charge in [-0.2, -0.15) is 0 Å². The maximum Gasteiger partial charge on any atom is 0.342 e. The van der Waals surface area contributed by atoms with E-state index in [4.69, 9.17) is 18.9 Å². The van der Waals surface area contributed by atoms with Crippen molar-refractivity contribution in [3.63, 3.8) is 0 Å². The molecule has 9 atom stereocenters. The average Bonchev–Trinajstić information content (AvgIpc) is 3.32. The lowest BCUT2D eigenvalue weighted by atomic mass is 9.99. The topological polar surface area (TPSA) is 239 Å². The van der Waals surface area contributed by atoms with Crippen LogP contribution in [0.4, 0.5) is 5.82 Å².